The van der Waals surface area contributed by atoms with E-state index in [-0.39, 0.29) is 0 Å². The van der Waals surface area contributed by atoms with E-state index in [1.165, 1.54) is 50.1 Å². The minimum absolute atomic E-state index is 0.810. The van der Waals surface area contributed by atoms with E-state index >= 15 is 0 Å². The number of nitrogens with zero attached hydrogens (tertiary/aromatic N) is 1. The van der Waals surface area contributed by atoms with Crippen molar-refractivity contribution < 1.29 is 0 Å². The molecule has 1 aliphatic heterocycles. The summed E-state index contributed by atoms with van der Waals surface area (Å²) in [5.41, 5.74) is 0. The quantitative estimate of drug-likeness (QED) is 0.612. The molecule has 2 unspecified atom stereocenters. The second-order valence-corrected chi connectivity index (χ2v) is 5.17. The van der Waals surface area contributed by atoms with Crippen LogP contribution in [0.25, 0.3) is 0 Å². The molecule has 1 saturated carbocycles. The number of hydrogen-bond acceptors (Lipinski definition) is 1. The lowest BCUT2D eigenvalue weighted by molar-refractivity contribution is 0.120. The first kappa shape index (κ1) is 10.4. The maximum Gasteiger partial charge on any atom is 0.0779 e. The first-order valence-corrected chi connectivity index (χ1v) is 6.53. The van der Waals surface area contributed by atoms with Crippen molar-refractivity contribution in [2.75, 3.05) is 6.54 Å². The molecule has 14 heavy (non-hydrogen) atoms. The predicted molar refractivity (Wildman–Crippen MR) is 64.6 cm³/mol. The highest BCUT2D eigenvalue weighted by Crippen LogP contribution is 2.35. The molecule has 1 heterocycles. The summed E-state index contributed by atoms with van der Waals surface area (Å²) >= 11 is 5.47. The first-order chi connectivity index (χ1) is 6.83. The van der Waals surface area contributed by atoms with Gasteiger partial charge in [-0.1, -0.05) is 32.0 Å². The molecule has 0 aromatic rings. The maximum absolute atomic E-state index is 5.47. The molecule has 2 rings (SSSR count). The molecule has 2 aliphatic rings. The van der Waals surface area contributed by atoms with Crippen LogP contribution in [0.4, 0.5) is 0 Å². The third kappa shape index (κ3) is 1.95. The molecule has 1 nitrogen and oxygen atoms in total. The van der Waals surface area contributed by atoms with Crippen molar-refractivity contribution >= 4 is 17.2 Å². The van der Waals surface area contributed by atoms with Gasteiger partial charge in [-0.05, 0) is 38.0 Å². The molecule has 2 heteroatoms. The molecule has 0 amide bonds. The fourth-order valence-corrected chi connectivity index (χ4v) is 3.36. The van der Waals surface area contributed by atoms with E-state index in [4.69, 9.17) is 12.2 Å². The zero-order chi connectivity index (χ0) is 9.97. The van der Waals surface area contributed by atoms with Crippen molar-refractivity contribution in [2.45, 2.75) is 57.9 Å². The van der Waals surface area contributed by atoms with Gasteiger partial charge >= 0.3 is 0 Å². The zero-order valence-corrected chi connectivity index (χ0v) is 9.98. The highest BCUT2D eigenvalue weighted by Gasteiger charge is 2.33. The smallest absolute Gasteiger partial charge is 0.0779 e. The molecule has 1 saturated heterocycles. The van der Waals surface area contributed by atoms with Crippen LogP contribution < -0.4 is 0 Å². The molecule has 0 radical (unpaired) electrons. The first-order valence-electron chi connectivity index (χ1n) is 6.12. The minimum atomic E-state index is 0.810. The summed E-state index contributed by atoms with van der Waals surface area (Å²) in [6.07, 6.45) is 9.59. The van der Waals surface area contributed by atoms with Crippen molar-refractivity contribution in [3.8, 4) is 0 Å². The summed E-state index contributed by atoms with van der Waals surface area (Å²) < 4.78 is 0. The van der Waals surface area contributed by atoms with Gasteiger partial charge in [0, 0.05) is 12.6 Å². The van der Waals surface area contributed by atoms with Crippen molar-refractivity contribution in [1.29, 1.82) is 0 Å². The Labute approximate surface area is 92.9 Å². The van der Waals surface area contributed by atoms with Gasteiger partial charge in [-0.2, -0.15) is 0 Å². The number of thiocarbonyl (C=S) groups is 1. The summed E-state index contributed by atoms with van der Waals surface area (Å²) in [7, 11) is 0. The lowest BCUT2D eigenvalue weighted by Crippen LogP contribution is -2.48. The number of likely N-dealkylation sites (tertiary alicyclic amines) is 1. The van der Waals surface area contributed by atoms with Gasteiger partial charge in [0.15, 0.2) is 0 Å². The Balaban J connectivity index is 2.04. The summed E-state index contributed by atoms with van der Waals surface area (Å²) in [6.45, 7) is 3.42. The molecule has 80 valence electrons. The van der Waals surface area contributed by atoms with Gasteiger partial charge in [0.05, 0.1) is 4.99 Å². The van der Waals surface area contributed by atoms with Gasteiger partial charge in [-0.3, -0.25) is 0 Å². The monoisotopic (exact) mass is 211 g/mol. The van der Waals surface area contributed by atoms with Crippen LogP contribution in [0.3, 0.4) is 0 Å². The largest absolute Gasteiger partial charge is 0.363 e. The predicted octanol–water partition coefficient (Wildman–Crippen LogP) is 3.38. The standard InChI is InChI=1S/C12H21NS/c1-2-12(14)13-9-5-7-10-6-3-4-8-11(10)13/h10-11H,2-9H2,1H3. The molecule has 0 aromatic heterocycles. The van der Waals surface area contributed by atoms with Gasteiger partial charge < -0.3 is 4.90 Å². The molecule has 0 N–H and O–H groups in total. The molecule has 0 bridgehead atoms. The highest BCUT2D eigenvalue weighted by molar-refractivity contribution is 7.80. The normalized spacial score (nSPS) is 32.5. The van der Waals surface area contributed by atoms with E-state index in [2.05, 4.69) is 11.8 Å². The fraction of sp³-hybridized carbons (Fsp3) is 0.917. The van der Waals surface area contributed by atoms with Crippen LogP contribution in [0.1, 0.15) is 51.9 Å². The molecule has 0 aromatic carbocycles. The van der Waals surface area contributed by atoms with Crippen molar-refractivity contribution in [3.63, 3.8) is 0 Å². The third-order valence-corrected chi connectivity index (χ3v) is 4.39. The Morgan fingerprint density at radius 2 is 1.93 bits per heavy atom. The molecular formula is C12H21NS. The number of hydrogen-bond donors (Lipinski definition) is 0. The Morgan fingerprint density at radius 3 is 2.71 bits per heavy atom. The van der Waals surface area contributed by atoms with E-state index in [9.17, 15) is 0 Å². The topological polar surface area (TPSA) is 3.24 Å². The van der Waals surface area contributed by atoms with E-state index in [0.29, 0.717) is 0 Å². The van der Waals surface area contributed by atoms with Crippen LogP contribution in [0.2, 0.25) is 0 Å². The van der Waals surface area contributed by atoms with Crippen LogP contribution >= 0.6 is 12.2 Å². The fourth-order valence-electron chi connectivity index (χ4n) is 3.14. The van der Waals surface area contributed by atoms with Crippen LogP contribution in [0.5, 0.6) is 0 Å². The molecule has 2 fully saturated rings. The molecular weight excluding hydrogens is 190 g/mol. The molecule has 0 spiro atoms. The lowest BCUT2D eigenvalue weighted by Gasteiger charge is -2.45. The van der Waals surface area contributed by atoms with Crippen molar-refractivity contribution in [2.24, 2.45) is 5.92 Å². The summed E-state index contributed by atoms with van der Waals surface area (Å²) in [5, 5.41) is 0. The highest BCUT2D eigenvalue weighted by atomic mass is 32.1. The second kappa shape index (κ2) is 4.61. The van der Waals surface area contributed by atoms with E-state index in [1.807, 2.05) is 0 Å². The van der Waals surface area contributed by atoms with Gasteiger partial charge in [-0.15, -0.1) is 0 Å². The van der Waals surface area contributed by atoms with Gasteiger partial charge in [-0.25, -0.2) is 0 Å². The number of rotatable bonds is 1. The Bertz CT molecular complexity index is 212. The minimum Gasteiger partial charge on any atom is -0.363 e. The zero-order valence-electron chi connectivity index (χ0n) is 9.17. The summed E-state index contributed by atoms with van der Waals surface area (Å²) in [5.74, 6) is 0.960. The second-order valence-electron chi connectivity index (χ2n) is 4.69. The maximum atomic E-state index is 5.47. The van der Waals surface area contributed by atoms with Crippen molar-refractivity contribution in [1.82, 2.24) is 4.90 Å². The van der Waals surface area contributed by atoms with Crippen molar-refractivity contribution in [3.05, 3.63) is 0 Å². The number of fused-ring (bicyclic) bond motifs is 1. The van der Waals surface area contributed by atoms with Gasteiger partial charge in [0.1, 0.15) is 0 Å². The van der Waals surface area contributed by atoms with Crippen LogP contribution in [0.15, 0.2) is 0 Å². The molecule has 2 atom stereocenters. The van der Waals surface area contributed by atoms with E-state index < -0.39 is 0 Å². The third-order valence-electron chi connectivity index (χ3n) is 3.87. The van der Waals surface area contributed by atoms with E-state index in [1.54, 1.807) is 0 Å². The summed E-state index contributed by atoms with van der Waals surface area (Å²) in [6, 6.07) is 0.810. The van der Waals surface area contributed by atoms with Crippen LogP contribution in [0, 0.1) is 5.92 Å². The van der Waals surface area contributed by atoms with Gasteiger partial charge in [0.25, 0.3) is 0 Å². The average Bonchev–Trinajstić information content (AvgIpc) is 2.27. The average molecular weight is 211 g/mol. The van der Waals surface area contributed by atoms with E-state index in [0.717, 1.165) is 18.4 Å². The Hall–Kier alpha value is -0.110. The Kier molecular flexibility index (Phi) is 3.42. The SMILES string of the molecule is CCC(=S)N1CCCC2CCCCC21. The summed E-state index contributed by atoms with van der Waals surface area (Å²) in [4.78, 5) is 3.75. The number of piperidine rings is 1. The lowest BCUT2D eigenvalue weighted by atomic mass is 9.78. The molecule has 1 aliphatic carbocycles. The Morgan fingerprint density at radius 1 is 1.21 bits per heavy atom. The van der Waals surface area contributed by atoms with Crippen LogP contribution in [-0.2, 0) is 0 Å². The van der Waals surface area contributed by atoms with Gasteiger partial charge in [0.2, 0.25) is 0 Å². The van der Waals surface area contributed by atoms with Crippen LogP contribution in [-0.4, -0.2) is 22.5 Å².